The van der Waals surface area contributed by atoms with Gasteiger partial charge in [0.25, 0.3) is 5.70 Å². The molecule has 9 nitrogen and oxygen atoms in total. The topological polar surface area (TPSA) is 129 Å². The summed E-state index contributed by atoms with van der Waals surface area (Å²) in [6.07, 6.45) is 3.11. The van der Waals surface area contributed by atoms with E-state index in [1.807, 2.05) is 0 Å². The number of rotatable bonds is 5. The zero-order valence-electron chi connectivity index (χ0n) is 15.1. The second-order valence-corrected chi connectivity index (χ2v) is 5.97. The van der Waals surface area contributed by atoms with Crippen molar-refractivity contribution in [2.24, 2.45) is 0 Å². The number of carboxylic acid groups (broad SMARTS) is 1. The van der Waals surface area contributed by atoms with E-state index in [0.29, 0.717) is 16.8 Å². The Labute approximate surface area is 160 Å². The average Bonchev–Trinajstić information content (AvgIpc) is 2.82. The van der Waals surface area contributed by atoms with Gasteiger partial charge in [0.15, 0.2) is 0 Å². The fourth-order valence-electron chi connectivity index (χ4n) is 3.02. The summed E-state index contributed by atoms with van der Waals surface area (Å²) in [4.78, 5) is 26.8. The number of carbonyl (C=O) groups excluding carboxylic acids is 1. The van der Waals surface area contributed by atoms with Gasteiger partial charge in [0, 0.05) is 25.0 Å². The molecule has 28 heavy (non-hydrogen) atoms. The van der Waals surface area contributed by atoms with Gasteiger partial charge in [-0.2, -0.15) is 0 Å². The van der Waals surface area contributed by atoms with Crippen molar-refractivity contribution >= 4 is 17.2 Å². The maximum absolute atomic E-state index is 11.8. The summed E-state index contributed by atoms with van der Waals surface area (Å²) in [5.74, 6) is -1.34. The second kappa shape index (κ2) is 7.78. The Hall–Kier alpha value is -3.88. The van der Waals surface area contributed by atoms with Crippen LogP contribution in [0.3, 0.4) is 0 Å². The lowest BCUT2D eigenvalue weighted by molar-refractivity contribution is -0.423. The predicted octanol–water partition coefficient (Wildman–Crippen LogP) is 1.41. The third kappa shape index (κ3) is 3.50. The first-order valence-electron chi connectivity index (χ1n) is 8.31. The second-order valence-electron chi connectivity index (χ2n) is 5.97. The summed E-state index contributed by atoms with van der Waals surface area (Å²) in [6.45, 7) is 1.35. The molecule has 1 atom stereocenters. The third-order valence-electron chi connectivity index (χ3n) is 4.32. The van der Waals surface area contributed by atoms with Crippen molar-refractivity contribution in [1.29, 1.82) is 0 Å². The van der Waals surface area contributed by atoms with Crippen LogP contribution in [0.15, 0.2) is 66.1 Å². The number of carbonyl (C=O) groups is 1. The maximum Gasteiger partial charge on any atom is 0.253 e. The molecule has 1 aliphatic rings. The lowest BCUT2D eigenvalue weighted by Crippen LogP contribution is -2.38. The van der Waals surface area contributed by atoms with Crippen molar-refractivity contribution in [3.8, 4) is 0 Å². The third-order valence-corrected chi connectivity index (χ3v) is 4.32. The Kier molecular flexibility index (Phi) is 5.25. The number of fused-ring (bicyclic) bond motifs is 1. The molecule has 0 amide bonds. The number of allylic oxidation sites excluding steroid dienone is 2. The monoisotopic (exact) mass is 381 g/mol. The van der Waals surface area contributed by atoms with Crippen LogP contribution in [0.1, 0.15) is 24.1 Å². The molecule has 0 bridgehead atoms. The molecule has 0 saturated carbocycles. The Morgan fingerprint density at radius 3 is 2.54 bits per heavy atom. The zero-order chi connectivity index (χ0) is 20.3. The number of nitro groups is 1. The Morgan fingerprint density at radius 2 is 1.93 bits per heavy atom. The summed E-state index contributed by atoms with van der Waals surface area (Å²) in [6, 6.07) is 8.64. The number of benzene rings is 1. The molecular formula is C19H17N4O5-. The summed E-state index contributed by atoms with van der Waals surface area (Å²) in [5.41, 5.74) is 1.60. The van der Waals surface area contributed by atoms with Crippen molar-refractivity contribution in [1.82, 2.24) is 10.3 Å². The van der Waals surface area contributed by atoms with E-state index in [1.165, 1.54) is 14.0 Å². The largest absolute Gasteiger partial charge is 0.548 e. The Balaban J connectivity index is 2.32. The zero-order valence-corrected chi connectivity index (χ0v) is 15.1. The number of methoxy groups -OCH3 is 1. The Morgan fingerprint density at radius 1 is 1.25 bits per heavy atom. The van der Waals surface area contributed by atoms with Gasteiger partial charge in [-0.05, 0) is 23.3 Å². The van der Waals surface area contributed by atoms with Crippen LogP contribution in [-0.2, 0) is 9.53 Å². The highest BCUT2D eigenvalue weighted by Crippen LogP contribution is 2.37. The van der Waals surface area contributed by atoms with Crippen LogP contribution in [0, 0.1) is 10.1 Å². The molecule has 0 aliphatic carbocycles. The fraction of sp³-hybridized carbons (Fsp3) is 0.158. The standard InChI is InChI=1S/C19H18N4O5/c1-11(23(26)27)15-13-5-3-4-6-14(13)16(19(24)25)22-18(28-2)17(15)21-12-7-9-20-10-8-12/h3-10,16,22H,1-2H3,(H,20,21)(H,24,25)/p-1/t16-/m1/s1. The van der Waals surface area contributed by atoms with Gasteiger partial charge >= 0.3 is 0 Å². The van der Waals surface area contributed by atoms with E-state index in [-0.39, 0.29) is 22.9 Å². The number of nitrogens with one attached hydrogen (secondary N) is 2. The molecule has 3 rings (SSSR count). The molecule has 0 fully saturated rings. The number of aliphatic carboxylic acids is 1. The molecule has 1 aromatic carbocycles. The maximum atomic E-state index is 11.8. The summed E-state index contributed by atoms with van der Waals surface area (Å²) < 4.78 is 5.37. The quantitative estimate of drug-likeness (QED) is 0.587. The van der Waals surface area contributed by atoms with Gasteiger partial charge in [0.1, 0.15) is 5.70 Å². The van der Waals surface area contributed by atoms with Gasteiger partial charge < -0.3 is 25.3 Å². The van der Waals surface area contributed by atoms with Crippen molar-refractivity contribution in [2.75, 3.05) is 12.4 Å². The molecule has 0 saturated heterocycles. The van der Waals surface area contributed by atoms with E-state index in [9.17, 15) is 20.0 Å². The smallest absolute Gasteiger partial charge is 0.253 e. The van der Waals surface area contributed by atoms with Gasteiger partial charge in [-0.3, -0.25) is 15.1 Å². The fourth-order valence-corrected chi connectivity index (χ4v) is 3.02. The first-order valence-corrected chi connectivity index (χ1v) is 8.31. The van der Waals surface area contributed by atoms with Crippen LogP contribution in [-0.4, -0.2) is 23.0 Å². The van der Waals surface area contributed by atoms with E-state index < -0.39 is 16.9 Å². The molecule has 2 aromatic rings. The number of hydrogen-bond acceptors (Lipinski definition) is 8. The average molecular weight is 381 g/mol. The van der Waals surface area contributed by atoms with Crippen molar-refractivity contribution in [3.05, 3.63) is 87.3 Å². The highest BCUT2D eigenvalue weighted by molar-refractivity contribution is 5.89. The SMILES string of the molecule is COC1=C(Nc2ccncc2)C(=C(C)[N+](=O)[O-])c2ccccc2[C@H](C(=O)[O-])N1. The highest BCUT2D eigenvalue weighted by Gasteiger charge is 2.32. The summed E-state index contributed by atoms with van der Waals surface area (Å²) >= 11 is 0. The van der Waals surface area contributed by atoms with Gasteiger partial charge in [0.05, 0.1) is 29.6 Å². The van der Waals surface area contributed by atoms with E-state index in [2.05, 4.69) is 15.6 Å². The van der Waals surface area contributed by atoms with Crippen LogP contribution in [0.25, 0.3) is 5.57 Å². The normalized spacial score (nSPS) is 17.7. The molecule has 2 heterocycles. The minimum Gasteiger partial charge on any atom is -0.548 e. The van der Waals surface area contributed by atoms with Crippen molar-refractivity contribution in [2.45, 2.75) is 13.0 Å². The number of hydrogen-bond donors (Lipinski definition) is 2. The van der Waals surface area contributed by atoms with Gasteiger partial charge in [0.2, 0.25) is 5.88 Å². The number of ether oxygens (including phenoxy) is 1. The number of anilines is 1. The van der Waals surface area contributed by atoms with Crippen LogP contribution in [0.4, 0.5) is 5.69 Å². The number of aromatic nitrogens is 1. The van der Waals surface area contributed by atoms with Crippen molar-refractivity contribution in [3.63, 3.8) is 0 Å². The predicted molar refractivity (Wildman–Crippen MR) is 98.8 cm³/mol. The van der Waals surface area contributed by atoms with Crippen LogP contribution in [0.5, 0.6) is 0 Å². The van der Waals surface area contributed by atoms with Gasteiger partial charge in [-0.25, -0.2) is 0 Å². The minimum absolute atomic E-state index is 0.0402. The first-order chi connectivity index (χ1) is 13.4. The molecule has 2 N–H and O–H groups in total. The van der Waals surface area contributed by atoms with E-state index in [0.717, 1.165) is 0 Å². The van der Waals surface area contributed by atoms with Crippen LogP contribution in [0.2, 0.25) is 0 Å². The summed E-state index contributed by atoms with van der Waals surface area (Å²) in [7, 11) is 1.35. The van der Waals surface area contributed by atoms with Crippen molar-refractivity contribution < 1.29 is 19.6 Å². The first kappa shape index (κ1) is 18.9. The molecule has 0 spiro atoms. The van der Waals surface area contributed by atoms with Crippen LogP contribution >= 0.6 is 0 Å². The van der Waals surface area contributed by atoms with Gasteiger partial charge in [-0.1, -0.05) is 24.3 Å². The van der Waals surface area contributed by atoms with E-state index in [1.54, 1.807) is 48.8 Å². The van der Waals surface area contributed by atoms with Gasteiger partial charge in [-0.15, -0.1) is 0 Å². The molecule has 1 aliphatic heterocycles. The molecule has 1 aromatic heterocycles. The highest BCUT2D eigenvalue weighted by atomic mass is 16.6. The summed E-state index contributed by atoms with van der Waals surface area (Å²) in [5, 5.41) is 29.3. The number of nitrogens with zero attached hydrogens (tertiary/aromatic N) is 2. The lowest BCUT2D eigenvalue weighted by Gasteiger charge is -2.21. The molecular weight excluding hydrogens is 364 g/mol. The molecule has 0 radical (unpaired) electrons. The molecule has 0 unspecified atom stereocenters. The number of carboxylic acids is 1. The molecule has 144 valence electrons. The minimum atomic E-state index is -1.38. The molecule has 9 heteroatoms. The lowest BCUT2D eigenvalue weighted by atomic mass is 9.93. The Bertz CT molecular complexity index is 985. The van der Waals surface area contributed by atoms with E-state index in [4.69, 9.17) is 4.74 Å². The van der Waals surface area contributed by atoms with Crippen LogP contribution < -0.4 is 15.7 Å². The number of pyridine rings is 1. The van der Waals surface area contributed by atoms with E-state index >= 15 is 0 Å².